The first-order valence-electron chi connectivity index (χ1n) is 6.16. The van der Waals surface area contributed by atoms with Crippen molar-refractivity contribution in [3.8, 4) is 0 Å². The molecule has 0 aliphatic heterocycles. The van der Waals surface area contributed by atoms with E-state index < -0.39 is 11.5 Å². The molecule has 1 heterocycles. The van der Waals surface area contributed by atoms with E-state index in [1.807, 2.05) is 6.92 Å². The van der Waals surface area contributed by atoms with Crippen LogP contribution in [-0.2, 0) is 11.3 Å². The molecule has 0 aliphatic rings. The number of nitrogens with zero attached hydrogens (tertiary/aromatic N) is 2. The third kappa shape index (κ3) is 5.41. The Morgan fingerprint density at radius 3 is 2.68 bits per heavy atom. The van der Waals surface area contributed by atoms with Crippen LogP contribution in [0.15, 0.2) is 12.4 Å². The molecular weight excluding hydrogens is 248 g/mol. The second-order valence-corrected chi connectivity index (χ2v) is 4.94. The van der Waals surface area contributed by atoms with Crippen molar-refractivity contribution < 1.29 is 14.7 Å². The SMILES string of the molecule is CCn1cc(NC(=O)NC(C)(C)CCC(=O)O)cn1. The van der Waals surface area contributed by atoms with E-state index in [9.17, 15) is 9.59 Å². The van der Waals surface area contributed by atoms with Crippen molar-refractivity contribution in [2.75, 3.05) is 5.32 Å². The van der Waals surface area contributed by atoms with Gasteiger partial charge in [0, 0.05) is 24.7 Å². The average Bonchev–Trinajstić information content (AvgIpc) is 2.73. The van der Waals surface area contributed by atoms with Crippen molar-refractivity contribution in [1.82, 2.24) is 15.1 Å². The Bertz CT molecular complexity index is 454. The lowest BCUT2D eigenvalue weighted by Crippen LogP contribution is -2.45. The second kappa shape index (κ2) is 6.21. The van der Waals surface area contributed by atoms with Gasteiger partial charge in [0.05, 0.1) is 11.9 Å². The van der Waals surface area contributed by atoms with Crippen LogP contribution in [0.1, 0.15) is 33.6 Å². The summed E-state index contributed by atoms with van der Waals surface area (Å²) >= 11 is 0. The van der Waals surface area contributed by atoms with E-state index in [2.05, 4.69) is 15.7 Å². The van der Waals surface area contributed by atoms with Gasteiger partial charge in [-0.3, -0.25) is 9.48 Å². The van der Waals surface area contributed by atoms with Crippen molar-refractivity contribution in [2.24, 2.45) is 0 Å². The van der Waals surface area contributed by atoms with Crippen LogP contribution in [0.25, 0.3) is 0 Å². The highest BCUT2D eigenvalue weighted by Crippen LogP contribution is 2.12. The number of urea groups is 1. The van der Waals surface area contributed by atoms with Crippen LogP contribution in [-0.4, -0.2) is 32.4 Å². The number of rotatable bonds is 6. The van der Waals surface area contributed by atoms with Crippen LogP contribution < -0.4 is 10.6 Å². The summed E-state index contributed by atoms with van der Waals surface area (Å²) in [5.41, 5.74) is 0.0249. The molecule has 0 aromatic carbocycles. The van der Waals surface area contributed by atoms with Crippen molar-refractivity contribution in [1.29, 1.82) is 0 Å². The van der Waals surface area contributed by atoms with Gasteiger partial charge in [-0.1, -0.05) is 0 Å². The molecule has 1 aromatic rings. The van der Waals surface area contributed by atoms with Crippen molar-refractivity contribution in [3.05, 3.63) is 12.4 Å². The Morgan fingerprint density at radius 1 is 1.47 bits per heavy atom. The first-order valence-corrected chi connectivity index (χ1v) is 6.16. The van der Waals surface area contributed by atoms with Gasteiger partial charge in [-0.25, -0.2) is 4.79 Å². The third-order valence-electron chi connectivity index (χ3n) is 2.63. The molecule has 0 aliphatic carbocycles. The molecule has 0 spiro atoms. The Kier molecular flexibility index (Phi) is 4.91. The number of hydrogen-bond donors (Lipinski definition) is 3. The van der Waals surface area contributed by atoms with Crippen LogP contribution in [0.3, 0.4) is 0 Å². The highest BCUT2D eigenvalue weighted by atomic mass is 16.4. The average molecular weight is 268 g/mol. The Hall–Kier alpha value is -2.05. The number of amides is 2. The Labute approximate surface area is 112 Å². The zero-order valence-electron chi connectivity index (χ0n) is 11.4. The third-order valence-corrected chi connectivity index (χ3v) is 2.63. The summed E-state index contributed by atoms with van der Waals surface area (Å²) in [6.45, 7) is 6.25. The summed E-state index contributed by atoms with van der Waals surface area (Å²) in [7, 11) is 0. The second-order valence-electron chi connectivity index (χ2n) is 4.94. The van der Waals surface area contributed by atoms with Crippen LogP contribution in [0.2, 0.25) is 0 Å². The van der Waals surface area contributed by atoms with Gasteiger partial charge >= 0.3 is 12.0 Å². The molecule has 3 N–H and O–H groups in total. The van der Waals surface area contributed by atoms with Crippen molar-refractivity contribution >= 4 is 17.7 Å². The zero-order chi connectivity index (χ0) is 14.5. The Morgan fingerprint density at radius 2 is 2.16 bits per heavy atom. The van der Waals surface area contributed by atoms with Gasteiger partial charge in [-0.15, -0.1) is 0 Å². The quantitative estimate of drug-likeness (QED) is 0.731. The molecule has 1 rings (SSSR count). The maximum atomic E-state index is 11.8. The molecule has 0 bridgehead atoms. The molecule has 0 saturated heterocycles. The minimum absolute atomic E-state index is 0.0149. The number of hydrogen-bond acceptors (Lipinski definition) is 3. The molecule has 19 heavy (non-hydrogen) atoms. The van der Waals surface area contributed by atoms with E-state index >= 15 is 0 Å². The number of anilines is 1. The molecule has 0 radical (unpaired) electrons. The molecule has 0 atom stereocenters. The zero-order valence-corrected chi connectivity index (χ0v) is 11.4. The minimum atomic E-state index is -0.875. The van der Waals surface area contributed by atoms with E-state index in [4.69, 9.17) is 5.11 Å². The fourth-order valence-corrected chi connectivity index (χ4v) is 1.55. The van der Waals surface area contributed by atoms with E-state index in [1.165, 1.54) is 0 Å². The fraction of sp³-hybridized carbons (Fsp3) is 0.583. The predicted octanol–water partition coefficient (Wildman–Crippen LogP) is 1.67. The topological polar surface area (TPSA) is 96.2 Å². The molecule has 7 nitrogen and oxygen atoms in total. The first kappa shape index (κ1) is 15.0. The molecule has 106 valence electrons. The number of carbonyl (C=O) groups is 2. The van der Waals surface area contributed by atoms with E-state index in [0.717, 1.165) is 6.54 Å². The lowest BCUT2D eigenvalue weighted by Gasteiger charge is -2.25. The van der Waals surface area contributed by atoms with Gasteiger partial charge in [0.1, 0.15) is 0 Å². The molecule has 7 heteroatoms. The van der Waals surface area contributed by atoms with Gasteiger partial charge in [0.25, 0.3) is 0 Å². The highest BCUT2D eigenvalue weighted by Gasteiger charge is 2.21. The van der Waals surface area contributed by atoms with E-state index in [0.29, 0.717) is 12.1 Å². The van der Waals surface area contributed by atoms with Crippen LogP contribution in [0, 0.1) is 0 Å². The summed E-state index contributed by atoms with van der Waals surface area (Å²) in [5, 5.41) is 18.1. The maximum Gasteiger partial charge on any atom is 0.319 e. The van der Waals surface area contributed by atoms with E-state index in [-0.39, 0.29) is 12.5 Å². The molecule has 2 amide bonds. The summed E-state index contributed by atoms with van der Waals surface area (Å²) in [6.07, 6.45) is 3.67. The number of carbonyl (C=O) groups excluding carboxylic acids is 1. The number of aryl methyl sites for hydroxylation is 1. The first-order chi connectivity index (χ1) is 8.82. The normalized spacial score (nSPS) is 11.1. The van der Waals surface area contributed by atoms with Crippen molar-refractivity contribution in [2.45, 2.75) is 45.7 Å². The summed E-state index contributed by atoms with van der Waals surface area (Å²) < 4.78 is 1.70. The fourth-order valence-electron chi connectivity index (χ4n) is 1.55. The van der Waals surface area contributed by atoms with Gasteiger partial charge < -0.3 is 15.7 Å². The van der Waals surface area contributed by atoms with Gasteiger partial charge in [0.15, 0.2) is 0 Å². The summed E-state index contributed by atoms with van der Waals surface area (Å²) in [6, 6.07) is -0.369. The molecular formula is C12H20N4O3. The maximum absolute atomic E-state index is 11.8. The summed E-state index contributed by atoms with van der Waals surface area (Å²) in [5.74, 6) is -0.875. The number of carboxylic acid groups (broad SMARTS) is 1. The predicted molar refractivity (Wildman–Crippen MR) is 71.0 cm³/mol. The number of aliphatic carboxylic acids is 1. The summed E-state index contributed by atoms with van der Waals surface area (Å²) in [4.78, 5) is 22.3. The smallest absolute Gasteiger partial charge is 0.319 e. The minimum Gasteiger partial charge on any atom is -0.481 e. The van der Waals surface area contributed by atoms with Crippen molar-refractivity contribution in [3.63, 3.8) is 0 Å². The van der Waals surface area contributed by atoms with Gasteiger partial charge in [0.2, 0.25) is 0 Å². The Balaban J connectivity index is 2.47. The van der Waals surface area contributed by atoms with Crippen LogP contribution in [0.5, 0.6) is 0 Å². The molecule has 0 unspecified atom stereocenters. The van der Waals surface area contributed by atoms with E-state index in [1.54, 1.807) is 30.9 Å². The standard InChI is InChI=1S/C12H20N4O3/c1-4-16-8-9(7-13-16)14-11(19)15-12(2,3)6-5-10(17)18/h7-8H,4-6H2,1-3H3,(H,17,18)(H2,14,15,19). The lowest BCUT2D eigenvalue weighted by atomic mass is 9.99. The highest BCUT2D eigenvalue weighted by molar-refractivity contribution is 5.89. The van der Waals surface area contributed by atoms with Crippen LogP contribution in [0.4, 0.5) is 10.5 Å². The van der Waals surface area contributed by atoms with Crippen LogP contribution >= 0.6 is 0 Å². The molecule has 0 saturated carbocycles. The number of aromatic nitrogens is 2. The monoisotopic (exact) mass is 268 g/mol. The van der Waals surface area contributed by atoms with Gasteiger partial charge in [-0.05, 0) is 27.2 Å². The number of nitrogens with one attached hydrogen (secondary N) is 2. The molecule has 1 aromatic heterocycles. The lowest BCUT2D eigenvalue weighted by molar-refractivity contribution is -0.137. The molecule has 0 fully saturated rings. The number of carboxylic acids is 1. The largest absolute Gasteiger partial charge is 0.481 e. The van der Waals surface area contributed by atoms with Gasteiger partial charge in [-0.2, -0.15) is 5.10 Å².